The number of esters is 2. The first-order valence-corrected chi connectivity index (χ1v) is 13.5. The van der Waals surface area contributed by atoms with Crippen molar-refractivity contribution in [3.63, 3.8) is 0 Å². The second-order valence-electron chi connectivity index (χ2n) is 11.8. The van der Waals surface area contributed by atoms with E-state index in [1.807, 2.05) is 0 Å². The lowest BCUT2D eigenvalue weighted by Gasteiger charge is -2.56. The molecule has 0 aromatic carbocycles. The summed E-state index contributed by atoms with van der Waals surface area (Å²) < 4.78 is 17.4. The Balaban J connectivity index is 1.58. The predicted octanol–water partition coefficient (Wildman–Crippen LogP) is 4.76. The second kappa shape index (κ2) is 10.3. The molecule has 192 valence electrons. The van der Waals surface area contributed by atoms with Crippen LogP contribution in [0, 0.1) is 28.6 Å². The molecule has 4 rings (SSSR count). The standard InChI is InChI=1S/C28H45NO5/c1-19-6-7-24-26(34-21(3)31)25(9-12-27(19,24)4)28(5)11-8-23(33-20(2)30)18-22(28)10-13-29-14-16-32-17-15-29/h22-26H,1,6-18H2,2-5H3/t22-,23-,24+,25+,26-,27+,28-/m0/s1. The van der Waals surface area contributed by atoms with Crippen LogP contribution in [0.25, 0.3) is 0 Å². The first kappa shape index (κ1) is 25.7. The Hall–Kier alpha value is -1.40. The Bertz CT molecular complexity index is 777. The zero-order chi connectivity index (χ0) is 24.5. The summed E-state index contributed by atoms with van der Waals surface area (Å²) in [6.45, 7) is 16.9. The van der Waals surface area contributed by atoms with Crippen molar-refractivity contribution >= 4 is 11.9 Å². The molecular weight excluding hydrogens is 430 g/mol. The maximum absolute atomic E-state index is 12.3. The molecule has 0 aromatic rings. The van der Waals surface area contributed by atoms with Crippen LogP contribution in [-0.4, -0.2) is 61.9 Å². The molecule has 6 heteroatoms. The Morgan fingerprint density at radius 2 is 1.74 bits per heavy atom. The Morgan fingerprint density at radius 1 is 1.03 bits per heavy atom. The quantitative estimate of drug-likeness (QED) is 0.408. The van der Waals surface area contributed by atoms with Gasteiger partial charge in [-0.3, -0.25) is 14.5 Å². The van der Waals surface area contributed by atoms with Crippen molar-refractivity contribution in [3.05, 3.63) is 12.2 Å². The Kier molecular flexibility index (Phi) is 7.78. The van der Waals surface area contributed by atoms with Crippen LogP contribution in [0.3, 0.4) is 0 Å². The molecule has 34 heavy (non-hydrogen) atoms. The van der Waals surface area contributed by atoms with Crippen molar-refractivity contribution in [1.29, 1.82) is 0 Å². The number of ether oxygens (including phenoxy) is 3. The monoisotopic (exact) mass is 475 g/mol. The number of hydrogen-bond donors (Lipinski definition) is 0. The molecule has 0 unspecified atom stereocenters. The van der Waals surface area contributed by atoms with Crippen molar-refractivity contribution in [2.45, 2.75) is 91.3 Å². The maximum atomic E-state index is 12.3. The lowest BCUT2D eigenvalue weighted by Crippen LogP contribution is -2.54. The highest BCUT2D eigenvalue weighted by Crippen LogP contribution is 2.62. The zero-order valence-electron chi connectivity index (χ0n) is 21.8. The van der Waals surface area contributed by atoms with Gasteiger partial charge in [-0.15, -0.1) is 0 Å². The van der Waals surface area contributed by atoms with Crippen LogP contribution < -0.4 is 0 Å². The van der Waals surface area contributed by atoms with Crippen LogP contribution in [0.15, 0.2) is 12.2 Å². The number of hydrogen-bond acceptors (Lipinski definition) is 6. The van der Waals surface area contributed by atoms with E-state index in [1.54, 1.807) is 6.92 Å². The van der Waals surface area contributed by atoms with E-state index in [0.717, 1.165) is 84.2 Å². The average Bonchev–Trinajstić information content (AvgIpc) is 3.09. The van der Waals surface area contributed by atoms with Gasteiger partial charge in [0.05, 0.1) is 13.2 Å². The minimum absolute atomic E-state index is 0.00689. The van der Waals surface area contributed by atoms with Gasteiger partial charge in [-0.2, -0.15) is 0 Å². The van der Waals surface area contributed by atoms with Gasteiger partial charge in [-0.05, 0) is 74.7 Å². The Labute approximate surface area is 205 Å². The average molecular weight is 476 g/mol. The van der Waals surface area contributed by atoms with E-state index in [-0.39, 0.29) is 35.0 Å². The van der Waals surface area contributed by atoms with Gasteiger partial charge in [0.1, 0.15) is 12.2 Å². The molecule has 3 saturated carbocycles. The van der Waals surface area contributed by atoms with E-state index < -0.39 is 0 Å². The SMILES string of the molecule is C=C1CC[C@@H]2[C@H](OC(C)=O)[C@H]([C@@]3(C)CC[C@H](OC(C)=O)C[C@@H]3CCN3CCOCC3)CC[C@]12C. The molecule has 7 atom stereocenters. The van der Waals surface area contributed by atoms with Gasteiger partial charge in [0.15, 0.2) is 0 Å². The summed E-state index contributed by atoms with van der Waals surface area (Å²) in [4.78, 5) is 26.5. The molecule has 0 spiro atoms. The molecule has 0 amide bonds. The first-order valence-electron chi connectivity index (χ1n) is 13.5. The van der Waals surface area contributed by atoms with Gasteiger partial charge < -0.3 is 14.2 Å². The summed E-state index contributed by atoms with van der Waals surface area (Å²) in [7, 11) is 0. The van der Waals surface area contributed by atoms with Crippen molar-refractivity contribution in [1.82, 2.24) is 4.90 Å². The molecule has 1 saturated heterocycles. The summed E-state index contributed by atoms with van der Waals surface area (Å²) in [5.74, 6) is 0.749. The molecule has 6 nitrogen and oxygen atoms in total. The number of rotatable bonds is 6. The van der Waals surface area contributed by atoms with Crippen molar-refractivity contribution in [2.75, 3.05) is 32.8 Å². The van der Waals surface area contributed by atoms with Crippen molar-refractivity contribution in [2.24, 2.45) is 28.6 Å². The van der Waals surface area contributed by atoms with E-state index in [4.69, 9.17) is 14.2 Å². The van der Waals surface area contributed by atoms with Gasteiger partial charge in [-0.25, -0.2) is 0 Å². The molecule has 4 aliphatic rings. The van der Waals surface area contributed by atoms with E-state index in [9.17, 15) is 9.59 Å². The fraction of sp³-hybridized carbons (Fsp3) is 0.857. The highest BCUT2D eigenvalue weighted by Gasteiger charge is 2.58. The molecule has 4 fully saturated rings. The van der Waals surface area contributed by atoms with Crippen LogP contribution in [0.5, 0.6) is 0 Å². The fourth-order valence-corrected chi connectivity index (χ4v) is 7.87. The first-order chi connectivity index (χ1) is 16.1. The zero-order valence-corrected chi connectivity index (χ0v) is 21.8. The van der Waals surface area contributed by atoms with E-state index in [1.165, 1.54) is 12.5 Å². The third-order valence-electron chi connectivity index (χ3n) is 10.0. The molecule has 0 N–H and O–H groups in total. The van der Waals surface area contributed by atoms with Gasteiger partial charge in [0.2, 0.25) is 0 Å². The third-order valence-corrected chi connectivity index (χ3v) is 10.0. The third kappa shape index (κ3) is 5.09. The molecule has 0 aromatic heterocycles. The topological polar surface area (TPSA) is 65.1 Å². The van der Waals surface area contributed by atoms with Gasteiger partial charge >= 0.3 is 11.9 Å². The molecular formula is C28H45NO5. The molecule has 1 heterocycles. The number of morpholine rings is 1. The van der Waals surface area contributed by atoms with E-state index in [0.29, 0.717) is 17.8 Å². The van der Waals surface area contributed by atoms with E-state index in [2.05, 4.69) is 25.3 Å². The predicted molar refractivity (Wildman–Crippen MR) is 131 cm³/mol. The molecule has 0 bridgehead atoms. The summed E-state index contributed by atoms with van der Waals surface area (Å²) in [6, 6.07) is 0. The maximum Gasteiger partial charge on any atom is 0.302 e. The normalized spacial score (nSPS) is 41.1. The number of nitrogens with zero attached hydrogens (tertiary/aromatic N) is 1. The molecule has 1 aliphatic heterocycles. The largest absolute Gasteiger partial charge is 0.463 e. The Morgan fingerprint density at radius 3 is 2.41 bits per heavy atom. The lowest BCUT2D eigenvalue weighted by atomic mass is 9.51. The van der Waals surface area contributed by atoms with Crippen LogP contribution in [0.2, 0.25) is 0 Å². The summed E-state index contributed by atoms with van der Waals surface area (Å²) >= 11 is 0. The van der Waals surface area contributed by atoms with Crippen LogP contribution >= 0.6 is 0 Å². The van der Waals surface area contributed by atoms with Crippen LogP contribution in [0.1, 0.15) is 79.1 Å². The second-order valence-corrected chi connectivity index (χ2v) is 11.8. The number of carbonyl (C=O) groups is 2. The highest BCUT2D eigenvalue weighted by molar-refractivity contribution is 5.66. The minimum Gasteiger partial charge on any atom is -0.463 e. The van der Waals surface area contributed by atoms with Crippen molar-refractivity contribution < 1.29 is 23.8 Å². The number of allylic oxidation sites excluding steroid dienone is 1. The van der Waals surface area contributed by atoms with Crippen LogP contribution in [0.4, 0.5) is 0 Å². The summed E-state index contributed by atoms with van der Waals surface area (Å²) in [5.41, 5.74) is 1.46. The smallest absolute Gasteiger partial charge is 0.302 e. The number of carbonyl (C=O) groups excluding carboxylic acids is 2. The van der Waals surface area contributed by atoms with Gasteiger partial charge in [0.25, 0.3) is 0 Å². The van der Waals surface area contributed by atoms with Crippen molar-refractivity contribution in [3.8, 4) is 0 Å². The highest BCUT2D eigenvalue weighted by atomic mass is 16.5. The lowest BCUT2D eigenvalue weighted by molar-refractivity contribution is -0.177. The molecule has 0 radical (unpaired) electrons. The van der Waals surface area contributed by atoms with Gasteiger partial charge in [0, 0.05) is 38.8 Å². The number of fused-ring (bicyclic) bond motifs is 1. The fourth-order valence-electron chi connectivity index (χ4n) is 7.87. The summed E-state index contributed by atoms with van der Waals surface area (Å²) in [5, 5.41) is 0. The van der Waals surface area contributed by atoms with E-state index >= 15 is 0 Å². The minimum atomic E-state index is -0.184. The summed E-state index contributed by atoms with van der Waals surface area (Å²) in [6.07, 6.45) is 8.10. The van der Waals surface area contributed by atoms with Gasteiger partial charge in [-0.1, -0.05) is 26.0 Å². The molecule has 3 aliphatic carbocycles. The van der Waals surface area contributed by atoms with Crippen LogP contribution in [-0.2, 0) is 23.8 Å².